The molecule has 0 saturated heterocycles. The molecular weight excluding hydrogens is 316 g/mol. The van der Waals surface area contributed by atoms with Crippen LogP contribution in [0.2, 0.25) is 0 Å². The highest BCUT2D eigenvalue weighted by Gasteiger charge is 2.42. The van der Waals surface area contributed by atoms with Gasteiger partial charge in [-0.2, -0.15) is 0 Å². The molecule has 8 nitrogen and oxygen atoms in total. The van der Waals surface area contributed by atoms with Crippen LogP contribution in [0.5, 0.6) is 0 Å². The minimum Gasteiger partial charge on any atom is -0.469 e. The maximum Gasteiger partial charge on any atom is 0.308 e. The minimum atomic E-state index is -0.595. The molecule has 0 bridgehead atoms. The maximum atomic E-state index is 12.5. The average Bonchev–Trinajstić information content (AvgIpc) is 2.85. The Morgan fingerprint density at radius 1 is 1.17 bits per heavy atom. The van der Waals surface area contributed by atoms with Crippen LogP contribution < -0.4 is 0 Å². The number of hydrogen-bond acceptors (Lipinski definition) is 6. The van der Waals surface area contributed by atoms with E-state index in [2.05, 4.69) is 0 Å². The molecule has 0 atom stereocenters. The molecule has 0 N–H and O–H groups in total. The lowest BCUT2D eigenvalue weighted by molar-refractivity contribution is -0.384. The fraction of sp³-hybridized carbons (Fsp3) is 0.438. The highest BCUT2D eigenvalue weighted by atomic mass is 16.6. The van der Waals surface area contributed by atoms with E-state index >= 15 is 0 Å². The van der Waals surface area contributed by atoms with Gasteiger partial charge in [-0.25, -0.2) is 0 Å². The number of esters is 1. The number of carbonyl (C=O) groups is 3. The summed E-state index contributed by atoms with van der Waals surface area (Å²) < 4.78 is 4.73. The second kappa shape index (κ2) is 6.03. The van der Waals surface area contributed by atoms with Crippen LogP contribution in [0, 0.1) is 16.0 Å². The normalized spacial score (nSPS) is 23.1. The Hall–Kier alpha value is -2.77. The standard InChI is InChI=1S/C16H16N2O6/c1-24-16(21)9-2-4-10(5-3-9)17-14(19)12-7-6-11(18(22)23)8-13(12)15(17)20/h6-10H,2-5H2,1H3. The predicted molar refractivity (Wildman–Crippen MR) is 81.4 cm³/mol. The van der Waals surface area contributed by atoms with Crippen LogP contribution in [0.25, 0.3) is 0 Å². The van der Waals surface area contributed by atoms with Crippen LogP contribution in [-0.4, -0.2) is 40.8 Å². The van der Waals surface area contributed by atoms with Crippen LogP contribution in [0.1, 0.15) is 46.4 Å². The Bertz CT molecular complexity index is 736. The number of fused-ring (bicyclic) bond motifs is 1. The van der Waals surface area contributed by atoms with E-state index in [1.54, 1.807) is 0 Å². The SMILES string of the molecule is COC(=O)C1CCC(N2C(=O)c3ccc([N+](=O)[O-])cc3C2=O)CC1. The summed E-state index contributed by atoms with van der Waals surface area (Å²) in [7, 11) is 1.34. The Morgan fingerprint density at radius 3 is 2.38 bits per heavy atom. The number of rotatable bonds is 3. The molecule has 8 heteroatoms. The summed E-state index contributed by atoms with van der Waals surface area (Å²) in [5, 5.41) is 10.9. The van der Waals surface area contributed by atoms with E-state index in [1.807, 2.05) is 0 Å². The minimum absolute atomic E-state index is 0.0734. The molecule has 1 aromatic carbocycles. The van der Waals surface area contributed by atoms with Crippen LogP contribution in [-0.2, 0) is 9.53 Å². The molecule has 24 heavy (non-hydrogen) atoms. The first-order chi connectivity index (χ1) is 11.4. The van der Waals surface area contributed by atoms with Gasteiger partial charge in [0.25, 0.3) is 17.5 Å². The zero-order valence-corrected chi connectivity index (χ0v) is 13.1. The third kappa shape index (κ3) is 2.53. The second-order valence-corrected chi connectivity index (χ2v) is 6.00. The number of benzene rings is 1. The van der Waals surface area contributed by atoms with Crippen molar-refractivity contribution in [3.05, 3.63) is 39.4 Å². The lowest BCUT2D eigenvalue weighted by Crippen LogP contribution is -2.42. The van der Waals surface area contributed by atoms with Crippen molar-refractivity contribution in [1.29, 1.82) is 0 Å². The van der Waals surface area contributed by atoms with Crippen molar-refractivity contribution in [2.75, 3.05) is 7.11 Å². The zero-order chi connectivity index (χ0) is 17.4. The number of hydrogen-bond donors (Lipinski definition) is 0. The van der Waals surface area contributed by atoms with E-state index < -0.39 is 16.7 Å². The zero-order valence-electron chi connectivity index (χ0n) is 13.1. The molecule has 2 aliphatic rings. The Labute approximate surface area is 137 Å². The van der Waals surface area contributed by atoms with Crippen molar-refractivity contribution < 1.29 is 24.0 Å². The van der Waals surface area contributed by atoms with Crippen molar-refractivity contribution in [3.63, 3.8) is 0 Å². The number of nitro benzene ring substituents is 1. The molecule has 126 valence electrons. The quantitative estimate of drug-likeness (QED) is 0.362. The highest BCUT2D eigenvalue weighted by Crippen LogP contribution is 2.34. The first-order valence-corrected chi connectivity index (χ1v) is 7.68. The number of ether oxygens (including phenoxy) is 1. The third-order valence-electron chi connectivity index (χ3n) is 4.71. The van der Waals surface area contributed by atoms with Crippen molar-refractivity contribution in [2.45, 2.75) is 31.7 Å². The molecule has 1 aromatic rings. The summed E-state index contributed by atoms with van der Waals surface area (Å²) in [5.74, 6) is -1.40. The number of methoxy groups -OCH3 is 1. The summed E-state index contributed by atoms with van der Waals surface area (Å²) in [4.78, 5) is 48.1. The molecule has 1 aliphatic heterocycles. The molecule has 2 amide bonds. The van der Waals surface area contributed by atoms with Crippen molar-refractivity contribution in [3.8, 4) is 0 Å². The van der Waals surface area contributed by atoms with E-state index in [0.29, 0.717) is 25.7 Å². The third-order valence-corrected chi connectivity index (χ3v) is 4.71. The molecule has 3 rings (SSSR count). The van der Waals surface area contributed by atoms with E-state index in [1.165, 1.54) is 24.1 Å². The largest absolute Gasteiger partial charge is 0.469 e. The van der Waals surface area contributed by atoms with Gasteiger partial charge in [-0.1, -0.05) is 0 Å². The molecular formula is C16H16N2O6. The smallest absolute Gasteiger partial charge is 0.308 e. The van der Waals surface area contributed by atoms with Crippen molar-refractivity contribution in [2.24, 2.45) is 5.92 Å². The molecule has 0 aromatic heterocycles. The first kappa shape index (κ1) is 16.1. The fourth-order valence-corrected chi connectivity index (χ4v) is 3.43. The fourth-order valence-electron chi connectivity index (χ4n) is 3.43. The van der Waals surface area contributed by atoms with Gasteiger partial charge in [0.1, 0.15) is 0 Å². The number of imide groups is 1. The number of non-ortho nitro benzene ring substituents is 1. The predicted octanol–water partition coefficient (Wildman–Crippen LogP) is 1.92. The van der Waals surface area contributed by atoms with Gasteiger partial charge in [-0.3, -0.25) is 29.4 Å². The van der Waals surface area contributed by atoms with E-state index in [0.717, 1.165) is 6.07 Å². The molecule has 1 saturated carbocycles. The number of carbonyl (C=O) groups excluding carboxylic acids is 3. The highest BCUT2D eigenvalue weighted by molar-refractivity contribution is 6.21. The monoisotopic (exact) mass is 332 g/mol. The Balaban J connectivity index is 1.79. The molecule has 0 unspecified atom stereocenters. The number of nitrogens with zero attached hydrogens (tertiary/aromatic N) is 2. The lowest BCUT2D eigenvalue weighted by Gasteiger charge is -2.32. The number of amides is 2. The van der Waals surface area contributed by atoms with Gasteiger partial charge in [0, 0.05) is 18.2 Å². The molecule has 0 spiro atoms. The van der Waals surface area contributed by atoms with Crippen molar-refractivity contribution >= 4 is 23.5 Å². The molecule has 1 aliphatic carbocycles. The summed E-state index contributed by atoms with van der Waals surface area (Å²) >= 11 is 0. The second-order valence-electron chi connectivity index (χ2n) is 6.00. The molecule has 0 radical (unpaired) electrons. The topological polar surface area (TPSA) is 107 Å². The van der Waals surface area contributed by atoms with E-state index in [9.17, 15) is 24.5 Å². The van der Waals surface area contributed by atoms with Gasteiger partial charge < -0.3 is 4.74 Å². The first-order valence-electron chi connectivity index (χ1n) is 7.68. The van der Waals surface area contributed by atoms with Gasteiger partial charge in [0.05, 0.1) is 29.1 Å². The maximum absolute atomic E-state index is 12.5. The van der Waals surface area contributed by atoms with E-state index in [-0.39, 0.29) is 34.7 Å². The summed E-state index contributed by atoms with van der Waals surface area (Å²) in [6.45, 7) is 0. The van der Waals surface area contributed by atoms with Gasteiger partial charge in [-0.15, -0.1) is 0 Å². The van der Waals surface area contributed by atoms with E-state index in [4.69, 9.17) is 4.74 Å². The summed E-state index contributed by atoms with van der Waals surface area (Å²) in [6.07, 6.45) is 2.14. The van der Waals surface area contributed by atoms with Gasteiger partial charge in [0.2, 0.25) is 0 Å². The molecule has 1 heterocycles. The summed E-state index contributed by atoms with van der Waals surface area (Å²) in [6, 6.07) is 3.41. The van der Waals surface area contributed by atoms with Gasteiger partial charge >= 0.3 is 5.97 Å². The average molecular weight is 332 g/mol. The van der Waals surface area contributed by atoms with Crippen LogP contribution >= 0.6 is 0 Å². The number of nitro groups is 1. The van der Waals surface area contributed by atoms with Crippen LogP contribution in [0.4, 0.5) is 5.69 Å². The van der Waals surface area contributed by atoms with Crippen LogP contribution in [0.15, 0.2) is 18.2 Å². The van der Waals surface area contributed by atoms with Crippen molar-refractivity contribution in [1.82, 2.24) is 4.90 Å². The Morgan fingerprint density at radius 2 is 1.79 bits per heavy atom. The van der Waals surface area contributed by atoms with Gasteiger partial charge in [0.15, 0.2) is 0 Å². The van der Waals surface area contributed by atoms with Crippen LogP contribution in [0.3, 0.4) is 0 Å². The lowest BCUT2D eigenvalue weighted by atomic mass is 9.85. The van der Waals surface area contributed by atoms with Gasteiger partial charge in [-0.05, 0) is 31.7 Å². The summed E-state index contributed by atoms with van der Waals surface area (Å²) in [5.41, 5.74) is 0.0520. The Kier molecular flexibility index (Phi) is 4.04. The molecule has 1 fully saturated rings.